The molecular weight excluding hydrogens is 336 g/mol. The van der Waals surface area contributed by atoms with Gasteiger partial charge in [0.1, 0.15) is 0 Å². The number of piperidine rings is 1. The summed E-state index contributed by atoms with van der Waals surface area (Å²) in [6, 6.07) is 7.51. The number of carbonyl (C=O) groups excluding carboxylic acids is 2. The van der Waals surface area contributed by atoms with Crippen LogP contribution in [0, 0.1) is 5.92 Å². The maximum Gasteiger partial charge on any atom is 0.226 e. The topological polar surface area (TPSA) is 40.6 Å². The third-order valence-corrected chi connectivity index (χ3v) is 5.58. The predicted molar refractivity (Wildman–Crippen MR) is 99.5 cm³/mol. The molecule has 0 aromatic heterocycles. The fraction of sp³-hybridized carbons (Fsp3) is 0.600. The molecule has 2 heterocycles. The van der Waals surface area contributed by atoms with E-state index in [-0.39, 0.29) is 5.91 Å². The Hall–Kier alpha value is -1.55. The molecule has 2 saturated heterocycles. The highest BCUT2D eigenvalue weighted by atomic mass is 35.5. The molecular formula is C20H27ClN2O2. The van der Waals surface area contributed by atoms with Crippen LogP contribution in [-0.4, -0.2) is 47.8 Å². The van der Waals surface area contributed by atoms with Gasteiger partial charge in [-0.15, -0.1) is 0 Å². The first-order chi connectivity index (χ1) is 12.1. The van der Waals surface area contributed by atoms with Crippen LogP contribution < -0.4 is 0 Å². The van der Waals surface area contributed by atoms with Gasteiger partial charge in [0.25, 0.3) is 0 Å². The molecule has 25 heavy (non-hydrogen) atoms. The summed E-state index contributed by atoms with van der Waals surface area (Å²) in [5.41, 5.74) is 0.962. The lowest BCUT2D eigenvalue weighted by Gasteiger charge is -2.33. The van der Waals surface area contributed by atoms with Crippen LogP contribution in [0.1, 0.15) is 44.1 Å². The van der Waals surface area contributed by atoms with Gasteiger partial charge in [-0.3, -0.25) is 9.59 Å². The van der Waals surface area contributed by atoms with E-state index in [4.69, 9.17) is 11.6 Å². The molecule has 1 unspecified atom stereocenters. The molecule has 1 aromatic rings. The number of halogens is 1. The van der Waals surface area contributed by atoms with Gasteiger partial charge in [0, 0.05) is 37.6 Å². The van der Waals surface area contributed by atoms with E-state index in [1.807, 2.05) is 34.1 Å². The Balaban J connectivity index is 1.47. The lowest BCUT2D eigenvalue weighted by atomic mass is 9.92. The van der Waals surface area contributed by atoms with Crippen molar-refractivity contribution in [2.24, 2.45) is 5.92 Å². The first-order valence-corrected chi connectivity index (χ1v) is 9.79. The summed E-state index contributed by atoms with van der Waals surface area (Å²) in [7, 11) is 0. The third kappa shape index (κ3) is 5.21. The SMILES string of the molecule is O=C(CCC1CCCN(C(=O)Cc2cccc(Cl)c2)C1)N1CCCC1. The molecule has 0 N–H and O–H groups in total. The van der Waals surface area contributed by atoms with Crippen molar-refractivity contribution in [3.63, 3.8) is 0 Å². The first kappa shape index (κ1) is 18.2. The Morgan fingerprint density at radius 1 is 1.04 bits per heavy atom. The van der Waals surface area contributed by atoms with Crippen molar-refractivity contribution in [2.45, 2.75) is 44.9 Å². The maximum absolute atomic E-state index is 12.6. The van der Waals surface area contributed by atoms with Gasteiger partial charge in [-0.2, -0.15) is 0 Å². The molecule has 0 saturated carbocycles. The molecule has 0 radical (unpaired) electrons. The van der Waals surface area contributed by atoms with Gasteiger partial charge in [-0.1, -0.05) is 23.7 Å². The van der Waals surface area contributed by atoms with Crippen molar-refractivity contribution in [3.05, 3.63) is 34.9 Å². The Labute approximate surface area is 155 Å². The van der Waals surface area contributed by atoms with E-state index in [0.717, 1.165) is 63.8 Å². The average molecular weight is 363 g/mol. The second-order valence-electron chi connectivity index (χ2n) is 7.28. The van der Waals surface area contributed by atoms with Crippen molar-refractivity contribution in [2.75, 3.05) is 26.2 Å². The Kier molecular flexibility index (Phi) is 6.35. The highest BCUT2D eigenvalue weighted by Crippen LogP contribution is 2.23. The van der Waals surface area contributed by atoms with E-state index in [2.05, 4.69) is 0 Å². The largest absolute Gasteiger partial charge is 0.343 e. The van der Waals surface area contributed by atoms with Crippen LogP contribution in [0.4, 0.5) is 0 Å². The maximum atomic E-state index is 12.6. The van der Waals surface area contributed by atoms with Gasteiger partial charge in [0.2, 0.25) is 11.8 Å². The van der Waals surface area contributed by atoms with Crippen molar-refractivity contribution in [1.29, 1.82) is 0 Å². The van der Waals surface area contributed by atoms with E-state index in [1.165, 1.54) is 0 Å². The monoisotopic (exact) mass is 362 g/mol. The molecule has 5 heteroatoms. The molecule has 2 aliphatic heterocycles. The summed E-state index contributed by atoms with van der Waals surface area (Å²) in [6.07, 6.45) is 6.36. The molecule has 0 spiro atoms. The number of benzene rings is 1. The zero-order chi connectivity index (χ0) is 17.6. The summed E-state index contributed by atoms with van der Waals surface area (Å²) in [6.45, 7) is 3.46. The molecule has 2 amide bonds. The van der Waals surface area contributed by atoms with Crippen LogP contribution in [0.15, 0.2) is 24.3 Å². The smallest absolute Gasteiger partial charge is 0.226 e. The van der Waals surface area contributed by atoms with Gasteiger partial charge in [0.15, 0.2) is 0 Å². The zero-order valence-corrected chi connectivity index (χ0v) is 15.5. The lowest BCUT2D eigenvalue weighted by Crippen LogP contribution is -2.41. The van der Waals surface area contributed by atoms with Crippen LogP contribution in [0.3, 0.4) is 0 Å². The highest BCUT2D eigenvalue weighted by molar-refractivity contribution is 6.30. The number of hydrogen-bond acceptors (Lipinski definition) is 2. The van der Waals surface area contributed by atoms with Crippen LogP contribution in [0.2, 0.25) is 5.02 Å². The quantitative estimate of drug-likeness (QED) is 0.804. The van der Waals surface area contributed by atoms with Gasteiger partial charge < -0.3 is 9.80 Å². The third-order valence-electron chi connectivity index (χ3n) is 5.34. The molecule has 3 rings (SSSR count). The van der Waals surface area contributed by atoms with Gasteiger partial charge in [-0.25, -0.2) is 0 Å². The lowest BCUT2D eigenvalue weighted by molar-refractivity contribution is -0.132. The number of hydrogen-bond donors (Lipinski definition) is 0. The number of nitrogens with zero attached hydrogens (tertiary/aromatic N) is 2. The second kappa shape index (κ2) is 8.70. The van der Waals surface area contributed by atoms with E-state index < -0.39 is 0 Å². The summed E-state index contributed by atoms with van der Waals surface area (Å²) in [5.74, 6) is 0.904. The predicted octanol–water partition coefficient (Wildman–Crippen LogP) is 3.52. The van der Waals surface area contributed by atoms with Crippen LogP contribution in [0.5, 0.6) is 0 Å². The van der Waals surface area contributed by atoms with Crippen molar-refractivity contribution in [3.8, 4) is 0 Å². The summed E-state index contributed by atoms with van der Waals surface area (Å²) in [5, 5.41) is 0.669. The fourth-order valence-corrected chi connectivity index (χ4v) is 4.13. The fourth-order valence-electron chi connectivity index (χ4n) is 3.91. The Morgan fingerprint density at radius 3 is 2.56 bits per heavy atom. The molecule has 1 atom stereocenters. The molecule has 2 fully saturated rings. The summed E-state index contributed by atoms with van der Waals surface area (Å²) < 4.78 is 0. The minimum absolute atomic E-state index is 0.165. The van der Waals surface area contributed by atoms with Gasteiger partial charge >= 0.3 is 0 Å². The standard InChI is InChI=1S/C20H27ClN2O2/c21-18-7-3-5-17(13-18)14-20(25)23-12-4-6-16(15-23)8-9-19(24)22-10-1-2-11-22/h3,5,7,13,16H,1-2,4,6,8-12,14-15H2. The number of carbonyl (C=O) groups is 2. The first-order valence-electron chi connectivity index (χ1n) is 9.42. The molecule has 136 valence electrons. The van der Waals surface area contributed by atoms with Crippen molar-refractivity contribution >= 4 is 23.4 Å². The van der Waals surface area contributed by atoms with E-state index >= 15 is 0 Å². The Bertz CT molecular complexity index is 613. The zero-order valence-electron chi connectivity index (χ0n) is 14.8. The molecule has 2 aliphatic rings. The Morgan fingerprint density at radius 2 is 1.80 bits per heavy atom. The summed E-state index contributed by atoms with van der Waals surface area (Å²) in [4.78, 5) is 28.7. The number of likely N-dealkylation sites (tertiary alicyclic amines) is 2. The molecule has 1 aromatic carbocycles. The summed E-state index contributed by atoms with van der Waals surface area (Å²) >= 11 is 6.00. The molecule has 0 aliphatic carbocycles. The average Bonchev–Trinajstić information content (AvgIpc) is 3.15. The van der Waals surface area contributed by atoms with Crippen molar-refractivity contribution < 1.29 is 9.59 Å². The molecule has 0 bridgehead atoms. The van der Waals surface area contributed by atoms with Gasteiger partial charge in [0.05, 0.1) is 6.42 Å². The minimum Gasteiger partial charge on any atom is -0.343 e. The van der Waals surface area contributed by atoms with Gasteiger partial charge in [-0.05, 0) is 55.7 Å². The van der Waals surface area contributed by atoms with Crippen molar-refractivity contribution in [1.82, 2.24) is 9.80 Å². The number of rotatable bonds is 5. The number of amides is 2. The van der Waals surface area contributed by atoms with E-state index in [9.17, 15) is 9.59 Å². The minimum atomic E-state index is 0.165. The highest BCUT2D eigenvalue weighted by Gasteiger charge is 2.25. The second-order valence-corrected chi connectivity index (χ2v) is 7.72. The van der Waals surface area contributed by atoms with E-state index in [0.29, 0.717) is 29.7 Å². The van der Waals surface area contributed by atoms with Crippen LogP contribution in [-0.2, 0) is 16.0 Å². The van der Waals surface area contributed by atoms with E-state index in [1.54, 1.807) is 0 Å². The van der Waals surface area contributed by atoms with Crippen LogP contribution >= 0.6 is 11.6 Å². The van der Waals surface area contributed by atoms with Crippen LogP contribution in [0.25, 0.3) is 0 Å². The molecule has 4 nitrogen and oxygen atoms in total. The normalized spacial score (nSPS) is 20.8.